The maximum Gasteiger partial charge on any atom is 0.0701 e. The molecule has 0 saturated heterocycles. The molecule has 0 fully saturated rings. The van der Waals surface area contributed by atoms with E-state index in [0.29, 0.717) is 0 Å². The molecule has 0 atom stereocenters. The minimum atomic E-state index is -0.735. The molecule has 0 N–H and O–H groups in total. The average Bonchev–Trinajstić information content (AvgIpc) is 0.739. The van der Waals surface area contributed by atoms with Crippen molar-refractivity contribution in [3.05, 3.63) is 298 Å². The van der Waals surface area contributed by atoms with Gasteiger partial charge in [-0.15, -0.1) is 0 Å². The molecule has 0 spiro atoms. The Morgan fingerprint density at radius 1 is 0.167 bits per heavy atom. The quantitative estimate of drug-likeness (QED) is 0.0569. The summed E-state index contributed by atoms with van der Waals surface area (Å²) in [5.74, 6) is 0. The van der Waals surface area contributed by atoms with Gasteiger partial charge in [-0.05, 0) is 196 Å². The molecule has 0 aliphatic carbocycles. The lowest BCUT2D eigenvalue weighted by Gasteiger charge is -2.37. The van der Waals surface area contributed by atoms with E-state index in [1.807, 2.05) is 49.7 Å². The summed E-state index contributed by atoms with van der Waals surface area (Å²) < 4.78 is 0. The monoisotopic (exact) mass is 1340 g/mol. The van der Waals surface area contributed by atoms with E-state index in [2.05, 4.69) is 367 Å². The predicted octanol–water partition coefficient (Wildman–Crippen LogP) is 26.1. The molecule has 0 heterocycles. The van der Waals surface area contributed by atoms with Crippen LogP contribution in [0.2, 0.25) is 0 Å². The van der Waals surface area contributed by atoms with Crippen molar-refractivity contribution >= 4 is 95.2 Å². The maximum atomic E-state index is 5.04. The number of nitrogens with zero attached hydrogens (tertiary/aromatic N) is 8. The van der Waals surface area contributed by atoms with Gasteiger partial charge in [0.1, 0.15) is 0 Å². The summed E-state index contributed by atoms with van der Waals surface area (Å²) in [6.45, 7) is 39.0. The second-order valence-corrected chi connectivity index (χ2v) is 33.4. The Morgan fingerprint density at radius 2 is 0.304 bits per heavy atom. The SMILES string of the molecule is CC(C)(C)C=Nc1ccc(C(c2ccc(N=Cc3ccc(-c4ccc(C=Nc5ccc(C(c6ccc(N=CC(C)(C)C)cc6)(c6ccc(N=CC(C)(C)C)cc6)c6ccc(N=CC(C)(C)C)cc6)cc5)cc4)cc3)cc2)(c2ccc(N=CC(C)(C)C)cc2)c2ccc(N=CC(C)(C)C)cc2)cc1. The van der Waals surface area contributed by atoms with Crippen molar-refractivity contribution in [1.29, 1.82) is 0 Å². The van der Waals surface area contributed by atoms with Crippen molar-refractivity contribution in [3.63, 3.8) is 0 Å². The van der Waals surface area contributed by atoms with E-state index in [1.165, 1.54) is 0 Å². The van der Waals surface area contributed by atoms with E-state index in [4.69, 9.17) is 39.9 Å². The first-order valence-electron chi connectivity index (χ1n) is 35.6. The number of aliphatic imine (C=N–C) groups is 8. The molecule has 10 aromatic carbocycles. The lowest BCUT2D eigenvalue weighted by molar-refractivity contribution is 0.607. The van der Waals surface area contributed by atoms with Crippen LogP contribution in [0.15, 0.2) is 283 Å². The summed E-state index contributed by atoms with van der Waals surface area (Å²) in [5, 5.41) is 0. The molecule has 518 valence electrons. The first kappa shape index (κ1) is 74.3. The molecule has 8 heteroatoms. The molecule has 0 aliphatic rings. The third-order valence-electron chi connectivity index (χ3n) is 16.9. The smallest absolute Gasteiger partial charge is 0.0701 e. The Kier molecular flexibility index (Phi) is 22.4. The third-order valence-corrected chi connectivity index (χ3v) is 16.9. The summed E-state index contributed by atoms with van der Waals surface area (Å²) in [5.41, 5.74) is 18.4. The molecule has 0 radical (unpaired) electrons. The van der Waals surface area contributed by atoms with Crippen LogP contribution < -0.4 is 0 Å². The molecular weight excluding hydrogens is 1240 g/mol. The number of rotatable bonds is 19. The highest BCUT2D eigenvalue weighted by Crippen LogP contribution is 2.49. The van der Waals surface area contributed by atoms with Crippen molar-refractivity contribution in [3.8, 4) is 11.1 Å². The number of hydrogen-bond donors (Lipinski definition) is 0. The number of benzene rings is 10. The minimum absolute atomic E-state index is 0.0533. The third kappa shape index (κ3) is 20.0. The van der Waals surface area contributed by atoms with Crippen molar-refractivity contribution in [2.45, 2.75) is 135 Å². The van der Waals surface area contributed by atoms with Crippen LogP contribution in [-0.4, -0.2) is 49.7 Å². The van der Waals surface area contributed by atoms with E-state index in [-0.39, 0.29) is 32.5 Å². The lowest BCUT2D eigenvalue weighted by Crippen LogP contribution is -2.30. The van der Waals surface area contributed by atoms with Crippen LogP contribution in [0.3, 0.4) is 0 Å². The fourth-order valence-electron chi connectivity index (χ4n) is 11.8. The average molecular weight is 1340 g/mol. The van der Waals surface area contributed by atoms with Crippen LogP contribution in [0, 0.1) is 32.5 Å². The Balaban J connectivity index is 0.913. The largest absolute Gasteiger partial charge is 0.261 e. The summed E-state index contributed by atoms with van der Waals surface area (Å²) in [7, 11) is 0. The van der Waals surface area contributed by atoms with E-state index in [9.17, 15) is 0 Å². The Morgan fingerprint density at radius 3 is 0.441 bits per heavy atom. The van der Waals surface area contributed by atoms with Gasteiger partial charge in [0.2, 0.25) is 0 Å². The van der Waals surface area contributed by atoms with Crippen LogP contribution in [0.1, 0.15) is 180 Å². The zero-order chi connectivity index (χ0) is 73.1. The second kappa shape index (κ2) is 30.8. The van der Waals surface area contributed by atoms with Gasteiger partial charge in [0.15, 0.2) is 0 Å². The van der Waals surface area contributed by atoms with Crippen LogP contribution >= 0.6 is 0 Å². The first-order valence-corrected chi connectivity index (χ1v) is 35.6. The molecule has 0 bridgehead atoms. The van der Waals surface area contributed by atoms with Gasteiger partial charge in [0.25, 0.3) is 0 Å². The summed E-state index contributed by atoms with van der Waals surface area (Å²) in [6, 6.07) is 86.7. The molecule has 10 rings (SSSR count). The van der Waals surface area contributed by atoms with Gasteiger partial charge in [-0.2, -0.15) is 0 Å². The van der Waals surface area contributed by atoms with Gasteiger partial charge in [0, 0.05) is 49.7 Å². The lowest BCUT2D eigenvalue weighted by atomic mass is 9.65. The van der Waals surface area contributed by atoms with Crippen molar-refractivity contribution < 1.29 is 0 Å². The van der Waals surface area contributed by atoms with Crippen molar-refractivity contribution in [1.82, 2.24) is 0 Å². The Labute approximate surface area is 609 Å². The first-order chi connectivity index (χ1) is 48.2. The maximum absolute atomic E-state index is 5.04. The second-order valence-electron chi connectivity index (χ2n) is 33.4. The molecule has 102 heavy (non-hydrogen) atoms. The van der Waals surface area contributed by atoms with Gasteiger partial charge in [-0.25, -0.2) is 0 Å². The van der Waals surface area contributed by atoms with Crippen LogP contribution in [-0.2, 0) is 10.8 Å². The molecule has 0 aliphatic heterocycles. The van der Waals surface area contributed by atoms with Crippen LogP contribution in [0.25, 0.3) is 11.1 Å². The molecular formula is C94H102N8. The van der Waals surface area contributed by atoms with Crippen molar-refractivity contribution in [2.24, 2.45) is 72.4 Å². The topological polar surface area (TPSA) is 98.9 Å². The highest BCUT2D eigenvalue weighted by atomic mass is 14.8. The molecule has 0 amide bonds. The fraction of sp³-hybridized carbons (Fsp3) is 0.277. The fourth-order valence-corrected chi connectivity index (χ4v) is 11.8. The molecule has 10 aromatic rings. The summed E-state index contributed by atoms with van der Waals surface area (Å²) in [4.78, 5) is 39.4. The summed E-state index contributed by atoms with van der Waals surface area (Å²) in [6.07, 6.45) is 16.0. The van der Waals surface area contributed by atoms with Gasteiger partial charge in [-0.1, -0.05) is 270 Å². The molecule has 0 aromatic heterocycles. The summed E-state index contributed by atoms with van der Waals surface area (Å²) >= 11 is 0. The Bertz CT molecular complexity index is 4030. The standard InChI is InChI=1S/C94H102N8/c1-87(2,3)61-97-81-47-31-73(32-48-81)93(74-33-49-82(50-34-74)98-62-88(4,5)6,75-35-51-83(52-36-75)99-63-89(7,8)9)71-27-43-79(44-28-71)95-59-67-19-23-69(24-20-67)70-25-21-68(22-26-70)60-96-80-45-29-72(30-46-80)94(76-37-53-84(54-38-76)100-64-90(10,11)12,77-39-55-85(56-40-77)101-65-91(13,14)15)78-41-57-86(58-42-78)102-66-92(16,17)18/h19-66H,1-18H3. The van der Waals surface area contributed by atoms with Crippen molar-refractivity contribution in [2.75, 3.05) is 0 Å². The van der Waals surface area contributed by atoms with Gasteiger partial charge in [0.05, 0.1) is 56.3 Å². The van der Waals surface area contributed by atoms with E-state index >= 15 is 0 Å². The number of hydrogen-bond acceptors (Lipinski definition) is 8. The highest BCUT2D eigenvalue weighted by Gasteiger charge is 2.40. The predicted molar refractivity (Wildman–Crippen MR) is 442 cm³/mol. The van der Waals surface area contributed by atoms with Gasteiger partial charge in [-0.3, -0.25) is 39.9 Å². The zero-order valence-electron chi connectivity index (χ0n) is 63.3. The van der Waals surface area contributed by atoms with E-state index in [1.54, 1.807) is 0 Å². The zero-order valence-corrected chi connectivity index (χ0v) is 63.3. The Hall–Kier alpha value is -10.4. The van der Waals surface area contributed by atoms with Gasteiger partial charge >= 0.3 is 0 Å². The van der Waals surface area contributed by atoms with Crippen LogP contribution in [0.5, 0.6) is 0 Å². The van der Waals surface area contributed by atoms with Gasteiger partial charge < -0.3 is 0 Å². The van der Waals surface area contributed by atoms with E-state index in [0.717, 1.165) is 112 Å². The highest BCUT2D eigenvalue weighted by molar-refractivity contribution is 5.85. The molecule has 0 saturated carbocycles. The molecule has 8 nitrogen and oxygen atoms in total. The van der Waals surface area contributed by atoms with Crippen LogP contribution in [0.4, 0.5) is 45.5 Å². The normalized spacial score (nSPS) is 14.4. The minimum Gasteiger partial charge on any atom is -0.261 e. The molecule has 0 unspecified atom stereocenters. The van der Waals surface area contributed by atoms with E-state index < -0.39 is 10.8 Å².